The van der Waals surface area contributed by atoms with Gasteiger partial charge in [-0.15, -0.1) is 0 Å². The minimum absolute atomic E-state index is 0.0340. The fourth-order valence-electron chi connectivity index (χ4n) is 3.85. The molecule has 1 saturated heterocycles. The summed E-state index contributed by atoms with van der Waals surface area (Å²) in [6.45, 7) is 6.06. The number of anilines is 1. The van der Waals surface area contributed by atoms with Gasteiger partial charge < -0.3 is 15.5 Å². The Hall–Kier alpha value is -1.37. The molecule has 0 unspecified atom stereocenters. The molecule has 1 saturated carbocycles. The smallest absolute Gasteiger partial charge is 0.238 e. The van der Waals surface area contributed by atoms with Crippen LogP contribution in [0.1, 0.15) is 32.6 Å². The van der Waals surface area contributed by atoms with Crippen LogP contribution in [-0.4, -0.2) is 59.6 Å². The molecule has 2 fully saturated rings. The van der Waals surface area contributed by atoms with E-state index in [1.165, 1.54) is 25.7 Å². The number of thiocarbonyl (C=S) groups is 1. The molecule has 2 aliphatic rings. The molecular weight excluding hydrogens is 380 g/mol. The first-order chi connectivity index (χ1) is 13.0. The fourth-order valence-corrected chi connectivity index (χ4v) is 4.36. The average Bonchev–Trinajstić information content (AvgIpc) is 2.66. The van der Waals surface area contributed by atoms with Crippen LogP contribution < -0.4 is 10.6 Å². The van der Waals surface area contributed by atoms with Crippen LogP contribution in [0.5, 0.6) is 0 Å². The topological polar surface area (TPSA) is 47.6 Å². The predicted octanol–water partition coefficient (Wildman–Crippen LogP) is 3.35. The summed E-state index contributed by atoms with van der Waals surface area (Å²) in [4.78, 5) is 16.7. The number of carbonyl (C=O) groups excluding carboxylic acids is 1. The standard InChI is InChI=1S/C20H29ClN4OS/c1-15-6-2-4-8-17(15)23-20(27)25-12-10-24(11-13-25)14-19(26)22-18-9-5-3-7-16(18)21/h3,5,7,9,15,17H,2,4,6,8,10-14H2,1H3,(H,22,26)(H,23,27)/t15-,17-/m0/s1. The second kappa shape index (κ2) is 9.71. The number of piperazine rings is 1. The third-order valence-electron chi connectivity index (χ3n) is 5.60. The van der Waals surface area contributed by atoms with Gasteiger partial charge in [0.2, 0.25) is 5.91 Å². The zero-order valence-corrected chi connectivity index (χ0v) is 17.5. The predicted molar refractivity (Wildman–Crippen MR) is 115 cm³/mol. The van der Waals surface area contributed by atoms with Crippen molar-refractivity contribution in [2.24, 2.45) is 5.92 Å². The van der Waals surface area contributed by atoms with Crippen LogP contribution in [0, 0.1) is 5.92 Å². The van der Waals surface area contributed by atoms with Crippen LogP contribution in [0.25, 0.3) is 0 Å². The SMILES string of the molecule is C[C@H]1CCCC[C@@H]1NC(=S)N1CCN(CC(=O)Nc2ccccc2Cl)CC1. The molecule has 2 atom stereocenters. The number of hydrogen-bond acceptors (Lipinski definition) is 3. The van der Waals surface area contributed by atoms with Gasteiger partial charge in [0.1, 0.15) is 0 Å². The molecule has 3 rings (SSSR count). The quantitative estimate of drug-likeness (QED) is 0.748. The van der Waals surface area contributed by atoms with Gasteiger partial charge in [-0.1, -0.05) is 43.5 Å². The lowest BCUT2D eigenvalue weighted by Gasteiger charge is -2.38. The first-order valence-electron chi connectivity index (χ1n) is 9.85. The van der Waals surface area contributed by atoms with Crippen LogP contribution in [0.2, 0.25) is 5.02 Å². The Morgan fingerprint density at radius 3 is 2.59 bits per heavy atom. The van der Waals surface area contributed by atoms with E-state index in [0.717, 1.165) is 31.3 Å². The van der Waals surface area contributed by atoms with Crippen molar-refractivity contribution >= 4 is 40.5 Å². The summed E-state index contributed by atoms with van der Waals surface area (Å²) in [6, 6.07) is 7.81. The van der Waals surface area contributed by atoms with E-state index in [9.17, 15) is 4.79 Å². The third kappa shape index (κ3) is 5.80. The molecule has 1 amide bonds. The number of para-hydroxylation sites is 1. The average molecular weight is 409 g/mol. The zero-order valence-electron chi connectivity index (χ0n) is 15.9. The molecule has 0 aromatic heterocycles. The summed E-state index contributed by atoms with van der Waals surface area (Å²) in [7, 11) is 0. The molecule has 27 heavy (non-hydrogen) atoms. The van der Waals surface area contributed by atoms with E-state index in [1.54, 1.807) is 6.07 Å². The largest absolute Gasteiger partial charge is 0.360 e. The maximum Gasteiger partial charge on any atom is 0.238 e. The number of halogens is 1. The Labute approximate surface area is 172 Å². The molecule has 0 radical (unpaired) electrons. The zero-order chi connectivity index (χ0) is 19.2. The molecule has 5 nitrogen and oxygen atoms in total. The first kappa shape index (κ1) is 20.4. The molecule has 1 heterocycles. The molecule has 2 N–H and O–H groups in total. The molecule has 0 spiro atoms. The van der Waals surface area contributed by atoms with Crippen LogP contribution in [0.15, 0.2) is 24.3 Å². The van der Waals surface area contributed by atoms with E-state index >= 15 is 0 Å². The van der Waals surface area contributed by atoms with Gasteiger partial charge in [-0.2, -0.15) is 0 Å². The van der Waals surface area contributed by atoms with Crippen molar-refractivity contribution in [1.29, 1.82) is 0 Å². The molecule has 1 aromatic rings. The van der Waals surface area contributed by atoms with Crippen molar-refractivity contribution in [3.8, 4) is 0 Å². The second-order valence-corrected chi connectivity index (χ2v) is 8.40. The van der Waals surface area contributed by atoms with Crippen molar-refractivity contribution < 1.29 is 4.79 Å². The number of rotatable bonds is 4. The van der Waals surface area contributed by atoms with Gasteiger partial charge in [0.15, 0.2) is 5.11 Å². The van der Waals surface area contributed by atoms with E-state index in [0.29, 0.717) is 29.2 Å². The number of benzene rings is 1. The monoisotopic (exact) mass is 408 g/mol. The third-order valence-corrected chi connectivity index (χ3v) is 6.30. The second-order valence-electron chi connectivity index (χ2n) is 7.61. The Morgan fingerprint density at radius 1 is 1.19 bits per heavy atom. The number of carbonyl (C=O) groups is 1. The molecule has 0 bridgehead atoms. The lowest BCUT2D eigenvalue weighted by atomic mass is 9.86. The maximum atomic E-state index is 12.3. The number of nitrogens with one attached hydrogen (secondary N) is 2. The van der Waals surface area contributed by atoms with Crippen molar-refractivity contribution in [1.82, 2.24) is 15.1 Å². The molecule has 1 aliphatic heterocycles. The minimum Gasteiger partial charge on any atom is -0.360 e. The lowest BCUT2D eigenvalue weighted by molar-refractivity contribution is -0.117. The van der Waals surface area contributed by atoms with Gasteiger partial charge >= 0.3 is 0 Å². The van der Waals surface area contributed by atoms with Crippen molar-refractivity contribution in [3.63, 3.8) is 0 Å². The summed E-state index contributed by atoms with van der Waals surface area (Å²) >= 11 is 11.7. The van der Waals surface area contributed by atoms with E-state index in [1.807, 2.05) is 18.2 Å². The molecule has 7 heteroatoms. The highest BCUT2D eigenvalue weighted by Gasteiger charge is 2.25. The highest BCUT2D eigenvalue weighted by molar-refractivity contribution is 7.80. The Balaban J connectivity index is 1.41. The van der Waals surface area contributed by atoms with Gasteiger partial charge in [0.05, 0.1) is 17.3 Å². The molecule has 1 aromatic carbocycles. The molecule has 148 valence electrons. The minimum atomic E-state index is -0.0340. The maximum absolute atomic E-state index is 12.3. The lowest BCUT2D eigenvalue weighted by Crippen LogP contribution is -2.55. The van der Waals surface area contributed by atoms with Crippen molar-refractivity contribution in [2.75, 3.05) is 38.0 Å². The highest BCUT2D eigenvalue weighted by Crippen LogP contribution is 2.24. The summed E-state index contributed by atoms with van der Waals surface area (Å²) in [5.41, 5.74) is 0.662. The molecule has 1 aliphatic carbocycles. The Morgan fingerprint density at radius 2 is 1.89 bits per heavy atom. The van der Waals surface area contributed by atoms with E-state index < -0.39 is 0 Å². The number of hydrogen-bond donors (Lipinski definition) is 2. The summed E-state index contributed by atoms with van der Waals surface area (Å²) < 4.78 is 0. The van der Waals surface area contributed by atoms with Crippen LogP contribution >= 0.6 is 23.8 Å². The van der Waals surface area contributed by atoms with Gasteiger partial charge in [0.25, 0.3) is 0 Å². The van der Waals surface area contributed by atoms with E-state index in [-0.39, 0.29) is 5.91 Å². The van der Waals surface area contributed by atoms with Gasteiger partial charge in [0, 0.05) is 32.2 Å². The Bertz CT molecular complexity index is 663. The van der Waals surface area contributed by atoms with Gasteiger partial charge in [-0.3, -0.25) is 9.69 Å². The highest BCUT2D eigenvalue weighted by atomic mass is 35.5. The Kier molecular flexibility index (Phi) is 7.33. The fraction of sp³-hybridized carbons (Fsp3) is 0.600. The molecular formula is C20H29ClN4OS. The van der Waals surface area contributed by atoms with E-state index in [2.05, 4.69) is 27.4 Å². The van der Waals surface area contributed by atoms with Crippen molar-refractivity contribution in [2.45, 2.75) is 38.6 Å². The number of amides is 1. The summed E-state index contributed by atoms with van der Waals surface area (Å²) in [5, 5.41) is 7.89. The van der Waals surface area contributed by atoms with E-state index in [4.69, 9.17) is 23.8 Å². The van der Waals surface area contributed by atoms with Gasteiger partial charge in [-0.25, -0.2) is 0 Å². The summed E-state index contributed by atoms with van der Waals surface area (Å²) in [6.07, 6.45) is 5.12. The summed E-state index contributed by atoms with van der Waals surface area (Å²) in [5.74, 6) is 0.653. The normalized spacial score (nSPS) is 23.7. The van der Waals surface area contributed by atoms with Crippen LogP contribution in [0.4, 0.5) is 5.69 Å². The van der Waals surface area contributed by atoms with Crippen LogP contribution in [0.3, 0.4) is 0 Å². The first-order valence-corrected chi connectivity index (χ1v) is 10.6. The van der Waals surface area contributed by atoms with Crippen molar-refractivity contribution in [3.05, 3.63) is 29.3 Å². The van der Waals surface area contributed by atoms with Gasteiger partial charge in [-0.05, 0) is 43.1 Å². The van der Waals surface area contributed by atoms with Crippen LogP contribution in [-0.2, 0) is 4.79 Å². The number of nitrogens with zero attached hydrogens (tertiary/aromatic N) is 2.